The molecule has 2 rings (SSSR count). The molecule has 0 spiro atoms. The van der Waals surface area contributed by atoms with Gasteiger partial charge in [-0.2, -0.15) is 5.10 Å². The Kier molecular flexibility index (Phi) is 3.71. The largest absolute Gasteiger partial charge is 0.374 e. The smallest absolute Gasteiger partial charge is 0.158 e. The van der Waals surface area contributed by atoms with Crippen LogP contribution in [0.4, 0.5) is 0 Å². The summed E-state index contributed by atoms with van der Waals surface area (Å²) in [4.78, 5) is 8.43. The monoisotopic (exact) mass is 252 g/mol. The highest BCUT2D eigenvalue weighted by molar-refractivity contribution is 6.29. The fraction of sp³-hybridized carbons (Fsp3) is 0.364. The number of rotatable bonds is 4. The zero-order valence-electron chi connectivity index (χ0n) is 9.72. The van der Waals surface area contributed by atoms with Gasteiger partial charge in [0.05, 0.1) is 6.20 Å². The zero-order valence-corrected chi connectivity index (χ0v) is 10.5. The lowest BCUT2D eigenvalue weighted by Gasteiger charge is -2.05. The maximum atomic E-state index is 5.94. The van der Waals surface area contributed by atoms with Gasteiger partial charge < -0.3 is 4.74 Å². The van der Waals surface area contributed by atoms with Gasteiger partial charge in [0, 0.05) is 18.9 Å². The molecule has 0 amide bonds. The lowest BCUT2D eigenvalue weighted by molar-refractivity contribution is 0.128. The van der Waals surface area contributed by atoms with Crippen molar-refractivity contribution in [3.8, 4) is 5.82 Å². The van der Waals surface area contributed by atoms with E-state index < -0.39 is 0 Å². The third kappa shape index (κ3) is 3.01. The maximum Gasteiger partial charge on any atom is 0.158 e. The van der Waals surface area contributed by atoms with Crippen LogP contribution in [0.25, 0.3) is 5.82 Å². The average molecular weight is 253 g/mol. The van der Waals surface area contributed by atoms with Gasteiger partial charge in [-0.3, -0.25) is 0 Å². The van der Waals surface area contributed by atoms with Crippen molar-refractivity contribution in [2.45, 2.75) is 20.5 Å². The Morgan fingerprint density at radius 3 is 2.88 bits per heavy atom. The second-order valence-electron chi connectivity index (χ2n) is 3.56. The molecule has 0 unspecified atom stereocenters. The normalized spacial score (nSPS) is 10.8. The molecule has 0 saturated carbocycles. The SMILES string of the molecule is CCOCc1nc(Cl)cc(-n2cc(C)cn2)n1. The quantitative estimate of drug-likeness (QED) is 0.783. The molecule has 90 valence electrons. The predicted molar refractivity (Wildman–Crippen MR) is 64.2 cm³/mol. The van der Waals surface area contributed by atoms with Crippen LogP contribution in [0.2, 0.25) is 5.15 Å². The van der Waals surface area contributed by atoms with Crippen molar-refractivity contribution in [2.24, 2.45) is 0 Å². The predicted octanol–water partition coefficient (Wildman–Crippen LogP) is 2.16. The first-order valence-electron chi connectivity index (χ1n) is 5.32. The first kappa shape index (κ1) is 12.0. The Bertz CT molecular complexity index is 512. The number of ether oxygens (including phenoxy) is 1. The fourth-order valence-corrected chi connectivity index (χ4v) is 1.56. The molecule has 0 saturated heterocycles. The Morgan fingerprint density at radius 1 is 1.41 bits per heavy atom. The third-order valence-corrected chi connectivity index (χ3v) is 2.30. The molecule has 0 aliphatic heterocycles. The first-order chi connectivity index (χ1) is 8.19. The second kappa shape index (κ2) is 5.25. The van der Waals surface area contributed by atoms with Crippen LogP contribution < -0.4 is 0 Å². The summed E-state index contributed by atoms with van der Waals surface area (Å²) < 4.78 is 6.92. The van der Waals surface area contributed by atoms with Crippen molar-refractivity contribution >= 4 is 11.6 Å². The van der Waals surface area contributed by atoms with Crippen molar-refractivity contribution in [3.05, 3.63) is 35.0 Å². The van der Waals surface area contributed by atoms with Gasteiger partial charge in [-0.15, -0.1) is 0 Å². The zero-order chi connectivity index (χ0) is 12.3. The van der Waals surface area contributed by atoms with E-state index in [9.17, 15) is 0 Å². The minimum atomic E-state index is 0.351. The minimum Gasteiger partial charge on any atom is -0.374 e. The highest BCUT2D eigenvalue weighted by Gasteiger charge is 2.06. The van der Waals surface area contributed by atoms with Crippen LogP contribution in [0.5, 0.6) is 0 Å². The van der Waals surface area contributed by atoms with Gasteiger partial charge in [0.15, 0.2) is 11.6 Å². The van der Waals surface area contributed by atoms with E-state index in [1.807, 2.05) is 20.0 Å². The number of hydrogen-bond donors (Lipinski definition) is 0. The molecule has 0 aromatic carbocycles. The molecule has 2 aromatic heterocycles. The molecular weight excluding hydrogens is 240 g/mol. The summed E-state index contributed by atoms with van der Waals surface area (Å²) in [6.07, 6.45) is 3.64. The van der Waals surface area contributed by atoms with Crippen LogP contribution in [-0.4, -0.2) is 26.4 Å². The molecule has 0 N–H and O–H groups in total. The summed E-state index contributed by atoms with van der Waals surface area (Å²) in [5, 5.41) is 4.56. The average Bonchev–Trinajstić information content (AvgIpc) is 2.72. The highest BCUT2D eigenvalue weighted by atomic mass is 35.5. The van der Waals surface area contributed by atoms with Gasteiger partial charge >= 0.3 is 0 Å². The van der Waals surface area contributed by atoms with Crippen LogP contribution in [0.1, 0.15) is 18.3 Å². The Labute approximate surface area is 104 Å². The summed E-state index contributed by atoms with van der Waals surface area (Å²) in [5.74, 6) is 1.20. The van der Waals surface area contributed by atoms with E-state index in [2.05, 4.69) is 15.1 Å². The van der Waals surface area contributed by atoms with Gasteiger partial charge in [-0.1, -0.05) is 11.6 Å². The van der Waals surface area contributed by atoms with E-state index in [1.54, 1.807) is 16.9 Å². The molecule has 5 nitrogen and oxygen atoms in total. The van der Waals surface area contributed by atoms with Crippen molar-refractivity contribution in [3.63, 3.8) is 0 Å². The van der Waals surface area contributed by atoms with Crippen LogP contribution in [0.15, 0.2) is 18.5 Å². The fourth-order valence-electron chi connectivity index (χ4n) is 1.36. The Morgan fingerprint density at radius 2 is 2.24 bits per heavy atom. The highest BCUT2D eigenvalue weighted by Crippen LogP contribution is 2.12. The minimum absolute atomic E-state index is 0.351. The van der Waals surface area contributed by atoms with Crippen molar-refractivity contribution in [1.82, 2.24) is 19.7 Å². The van der Waals surface area contributed by atoms with Gasteiger partial charge in [-0.25, -0.2) is 14.6 Å². The van der Waals surface area contributed by atoms with Crippen LogP contribution >= 0.6 is 11.6 Å². The summed E-state index contributed by atoms with van der Waals surface area (Å²) in [5.41, 5.74) is 1.06. The number of halogens is 1. The number of aryl methyl sites for hydroxylation is 1. The van der Waals surface area contributed by atoms with Crippen LogP contribution in [0, 0.1) is 6.92 Å². The van der Waals surface area contributed by atoms with E-state index in [0.29, 0.717) is 30.0 Å². The molecule has 0 atom stereocenters. The lowest BCUT2D eigenvalue weighted by atomic mass is 10.4. The van der Waals surface area contributed by atoms with Crippen molar-refractivity contribution in [2.75, 3.05) is 6.61 Å². The molecule has 6 heteroatoms. The van der Waals surface area contributed by atoms with Crippen LogP contribution in [0.3, 0.4) is 0 Å². The van der Waals surface area contributed by atoms with E-state index in [4.69, 9.17) is 16.3 Å². The number of aromatic nitrogens is 4. The summed E-state index contributed by atoms with van der Waals surface area (Å²) in [6, 6.07) is 1.67. The number of hydrogen-bond acceptors (Lipinski definition) is 4. The molecule has 0 aliphatic carbocycles. The van der Waals surface area contributed by atoms with Gasteiger partial charge in [0.1, 0.15) is 11.8 Å². The van der Waals surface area contributed by atoms with Gasteiger partial charge in [0.2, 0.25) is 0 Å². The molecule has 0 aliphatic rings. The first-order valence-corrected chi connectivity index (χ1v) is 5.69. The van der Waals surface area contributed by atoms with Gasteiger partial charge in [-0.05, 0) is 19.4 Å². The summed E-state index contributed by atoms with van der Waals surface area (Å²) in [6.45, 7) is 4.85. The second-order valence-corrected chi connectivity index (χ2v) is 3.95. The van der Waals surface area contributed by atoms with Crippen LogP contribution in [-0.2, 0) is 11.3 Å². The van der Waals surface area contributed by atoms with Crippen molar-refractivity contribution in [1.29, 1.82) is 0 Å². The van der Waals surface area contributed by atoms with E-state index in [-0.39, 0.29) is 0 Å². The topological polar surface area (TPSA) is 52.8 Å². The molecule has 2 heterocycles. The standard InChI is InChI=1S/C11H13ClN4O/c1-3-17-7-10-14-9(12)4-11(15-10)16-6-8(2)5-13-16/h4-6H,3,7H2,1-2H3. The maximum absolute atomic E-state index is 5.94. The van der Waals surface area contributed by atoms with Gasteiger partial charge in [0.25, 0.3) is 0 Å². The molecular formula is C11H13ClN4O. The number of nitrogens with zero attached hydrogens (tertiary/aromatic N) is 4. The Hall–Kier alpha value is -1.46. The molecule has 0 radical (unpaired) electrons. The lowest BCUT2D eigenvalue weighted by Crippen LogP contribution is -2.05. The van der Waals surface area contributed by atoms with E-state index in [1.165, 1.54) is 0 Å². The summed E-state index contributed by atoms with van der Waals surface area (Å²) >= 11 is 5.94. The van der Waals surface area contributed by atoms with E-state index in [0.717, 1.165) is 5.56 Å². The third-order valence-electron chi connectivity index (χ3n) is 2.11. The van der Waals surface area contributed by atoms with Crippen molar-refractivity contribution < 1.29 is 4.74 Å². The summed E-state index contributed by atoms with van der Waals surface area (Å²) in [7, 11) is 0. The molecule has 0 bridgehead atoms. The molecule has 2 aromatic rings. The Balaban J connectivity index is 2.31. The molecule has 17 heavy (non-hydrogen) atoms. The molecule has 0 fully saturated rings. The van der Waals surface area contributed by atoms with E-state index >= 15 is 0 Å².